The van der Waals surface area contributed by atoms with Gasteiger partial charge in [0, 0.05) is 37.0 Å². The van der Waals surface area contributed by atoms with Gasteiger partial charge in [-0.05, 0) is 73.4 Å². The molecule has 0 spiro atoms. The third kappa shape index (κ3) is 5.41. The molecular weight excluding hydrogens is 474 g/mol. The van der Waals surface area contributed by atoms with Gasteiger partial charge in [0.25, 0.3) is 11.4 Å². The van der Waals surface area contributed by atoms with Crippen LogP contribution in [-0.4, -0.2) is 78.5 Å². The highest BCUT2D eigenvalue weighted by molar-refractivity contribution is 5.71. The van der Waals surface area contributed by atoms with Crippen LogP contribution in [-0.2, 0) is 4.74 Å². The Bertz CT molecular complexity index is 1300. The summed E-state index contributed by atoms with van der Waals surface area (Å²) in [7, 11) is 0. The molecule has 1 N–H and O–H groups in total. The predicted molar refractivity (Wildman–Crippen MR) is 138 cm³/mol. The monoisotopic (exact) mass is 511 g/mol. The molecule has 2 aliphatic heterocycles. The zero-order valence-corrected chi connectivity index (χ0v) is 22.4. The molecule has 0 aromatic carbocycles. The zero-order chi connectivity index (χ0) is 26.3. The maximum Gasteiger partial charge on any atom is 0.410 e. The van der Waals surface area contributed by atoms with E-state index in [2.05, 4.69) is 34.0 Å². The molecule has 3 aromatic rings. The molecule has 0 saturated carbocycles. The Hall–Kier alpha value is -3.21. The molecular formula is C26H37N7O4. The summed E-state index contributed by atoms with van der Waals surface area (Å²) in [5, 5.41) is 8.85. The van der Waals surface area contributed by atoms with Gasteiger partial charge < -0.3 is 24.0 Å². The van der Waals surface area contributed by atoms with E-state index in [1.54, 1.807) is 21.7 Å². The van der Waals surface area contributed by atoms with Crippen LogP contribution in [0.2, 0.25) is 0 Å². The Morgan fingerprint density at radius 1 is 1.11 bits per heavy atom. The molecule has 0 radical (unpaired) electrons. The summed E-state index contributed by atoms with van der Waals surface area (Å²) >= 11 is 0. The molecule has 0 aliphatic carbocycles. The van der Waals surface area contributed by atoms with Crippen molar-refractivity contribution in [2.45, 2.75) is 83.8 Å². The molecule has 1 amide bonds. The molecule has 0 unspecified atom stereocenters. The van der Waals surface area contributed by atoms with Crippen molar-refractivity contribution < 1.29 is 14.1 Å². The number of amides is 1. The number of hydrogen-bond donors (Lipinski definition) is 1. The minimum atomic E-state index is -0.529. The number of piperidine rings is 2. The van der Waals surface area contributed by atoms with Crippen LogP contribution < -0.4 is 5.56 Å². The quantitative estimate of drug-likeness (QED) is 0.562. The lowest BCUT2D eigenvalue weighted by molar-refractivity contribution is 0.0203. The van der Waals surface area contributed by atoms with Crippen LogP contribution in [0.1, 0.15) is 83.7 Å². The summed E-state index contributed by atoms with van der Waals surface area (Å²) in [6, 6.07) is 2.13. The highest BCUT2D eigenvalue weighted by atomic mass is 16.6. The van der Waals surface area contributed by atoms with Crippen LogP contribution in [0.4, 0.5) is 4.79 Å². The van der Waals surface area contributed by atoms with E-state index in [0.29, 0.717) is 54.9 Å². The molecule has 11 nitrogen and oxygen atoms in total. The van der Waals surface area contributed by atoms with Crippen LogP contribution in [0.15, 0.2) is 21.6 Å². The Labute approximate surface area is 216 Å². The Kier molecular flexibility index (Phi) is 6.82. The van der Waals surface area contributed by atoms with Crippen LogP contribution in [0.25, 0.3) is 17.1 Å². The fourth-order valence-electron chi connectivity index (χ4n) is 5.33. The third-order valence-electron chi connectivity index (χ3n) is 7.40. The number of ether oxygens (including phenoxy) is 1. The molecule has 11 heteroatoms. The molecule has 2 saturated heterocycles. The van der Waals surface area contributed by atoms with Crippen molar-refractivity contribution >= 4 is 11.7 Å². The van der Waals surface area contributed by atoms with Gasteiger partial charge in [0.05, 0.1) is 11.9 Å². The lowest BCUT2D eigenvalue weighted by Crippen LogP contribution is -2.41. The van der Waals surface area contributed by atoms with Crippen LogP contribution in [0.5, 0.6) is 0 Å². The topological polar surface area (TPSA) is 122 Å². The lowest BCUT2D eigenvalue weighted by atomic mass is 9.93. The second kappa shape index (κ2) is 9.92. The largest absolute Gasteiger partial charge is 0.444 e. The van der Waals surface area contributed by atoms with Crippen molar-refractivity contribution in [3.63, 3.8) is 0 Å². The summed E-state index contributed by atoms with van der Waals surface area (Å²) in [5.74, 6) is 1.43. The first-order valence-electron chi connectivity index (χ1n) is 13.3. The SMILES string of the molecule is CC(C)N1CCC(c2noc(-c3cnn4c(C5CCN(C(=O)OC(C)(C)C)CC5)cc(=O)[nH]c34)n2)CC1. The molecule has 5 rings (SSSR count). The maximum absolute atomic E-state index is 12.6. The fourth-order valence-corrected chi connectivity index (χ4v) is 5.33. The van der Waals surface area contributed by atoms with Gasteiger partial charge >= 0.3 is 6.09 Å². The van der Waals surface area contributed by atoms with Crippen molar-refractivity contribution in [1.29, 1.82) is 0 Å². The lowest BCUT2D eigenvalue weighted by Gasteiger charge is -2.33. The first kappa shape index (κ1) is 25.4. The van der Waals surface area contributed by atoms with Crippen molar-refractivity contribution in [2.75, 3.05) is 26.2 Å². The number of likely N-dealkylation sites (tertiary alicyclic amines) is 2. The molecule has 37 heavy (non-hydrogen) atoms. The normalized spacial score (nSPS) is 18.7. The fraction of sp³-hybridized carbons (Fsp3) is 0.654. The first-order chi connectivity index (χ1) is 17.6. The number of H-pyrrole nitrogens is 1. The number of aromatic nitrogens is 5. The second-order valence-electron chi connectivity index (χ2n) is 11.5. The number of hydrogen-bond acceptors (Lipinski definition) is 8. The van der Waals surface area contributed by atoms with Gasteiger partial charge in [0.15, 0.2) is 5.82 Å². The minimum absolute atomic E-state index is 0.0839. The van der Waals surface area contributed by atoms with E-state index in [-0.39, 0.29) is 23.5 Å². The van der Waals surface area contributed by atoms with Gasteiger partial charge in [0.2, 0.25) is 0 Å². The van der Waals surface area contributed by atoms with Gasteiger partial charge in [-0.25, -0.2) is 9.31 Å². The Morgan fingerprint density at radius 3 is 2.43 bits per heavy atom. The first-order valence-corrected chi connectivity index (χ1v) is 13.3. The number of fused-ring (bicyclic) bond motifs is 1. The van der Waals surface area contributed by atoms with Gasteiger partial charge in [-0.15, -0.1) is 0 Å². The number of aromatic amines is 1. The summed E-state index contributed by atoms with van der Waals surface area (Å²) < 4.78 is 12.9. The number of nitrogens with zero attached hydrogens (tertiary/aromatic N) is 6. The van der Waals surface area contributed by atoms with Crippen LogP contribution >= 0.6 is 0 Å². The van der Waals surface area contributed by atoms with E-state index in [0.717, 1.165) is 31.6 Å². The number of rotatable bonds is 4. The van der Waals surface area contributed by atoms with E-state index in [1.807, 2.05) is 20.8 Å². The number of nitrogens with one attached hydrogen (secondary N) is 1. The van der Waals surface area contributed by atoms with Crippen LogP contribution in [0.3, 0.4) is 0 Å². The van der Waals surface area contributed by atoms with Gasteiger partial charge in [-0.3, -0.25) is 4.79 Å². The number of carbonyl (C=O) groups excluding carboxylic acids is 1. The summed E-state index contributed by atoms with van der Waals surface area (Å²) in [5.41, 5.74) is 1.23. The highest BCUT2D eigenvalue weighted by Gasteiger charge is 2.30. The zero-order valence-electron chi connectivity index (χ0n) is 22.4. The number of carbonyl (C=O) groups is 1. The van der Waals surface area contributed by atoms with Gasteiger partial charge in [-0.1, -0.05) is 5.16 Å². The van der Waals surface area contributed by atoms with Crippen molar-refractivity contribution in [3.05, 3.63) is 34.1 Å². The van der Waals surface area contributed by atoms with Crippen molar-refractivity contribution in [2.24, 2.45) is 0 Å². The molecule has 2 fully saturated rings. The Balaban J connectivity index is 1.33. The summed E-state index contributed by atoms with van der Waals surface area (Å²) in [4.78, 5) is 36.9. The molecule has 0 atom stereocenters. The van der Waals surface area contributed by atoms with E-state index >= 15 is 0 Å². The summed E-state index contributed by atoms with van der Waals surface area (Å²) in [6.45, 7) is 13.2. The van der Waals surface area contributed by atoms with Crippen LogP contribution in [0, 0.1) is 0 Å². The average molecular weight is 512 g/mol. The Morgan fingerprint density at radius 2 is 1.78 bits per heavy atom. The maximum atomic E-state index is 12.6. The van der Waals surface area contributed by atoms with Crippen molar-refractivity contribution in [1.82, 2.24) is 34.5 Å². The highest BCUT2D eigenvalue weighted by Crippen LogP contribution is 2.32. The summed E-state index contributed by atoms with van der Waals surface area (Å²) in [6.07, 6.45) is 4.79. The molecule has 200 valence electrons. The molecule has 5 heterocycles. The van der Waals surface area contributed by atoms with E-state index in [1.165, 1.54) is 0 Å². The second-order valence-corrected chi connectivity index (χ2v) is 11.5. The molecule has 2 aliphatic rings. The van der Waals surface area contributed by atoms with E-state index in [4.69, 9.17) is 14.2 Å². The van der Waals surface area contributed by atoms with E-state index in [9.17, 15) is 9.59 Å². The standard InChI is InChI=1S/C26H37N7O4/c1-16(2)31-10-8-18(9-11-31)22-29-24(37-30-22)19-15-27-33-20(14-21(34)28-23(19)33)17-6-12-32(13-7-17)25(35)36-26(3,4)5/h14-18H,6-13H2,1-5H3,(H,28,34). The van der Waals surface area contributed by atoms with Crippen molar-refractivity contribution in [3.8, 4) is 11.5 Å². The minimum Gasteiger partial charge on any atom is -0.444 e. The third-order valence-corrected chi connectivity index (χ3v) is 7.40. The smallest absolute Gasteiger partial charge is 0.410 e. The predicted octanol–water partition coefficient (Wildman–Crippen LogP) is 3.77. The molecule has 0 bridgehead atoms. The molecule has 3 aromatic heterocycles. The van der Waals surface area contributed by atoms with E-state index < -0.39 is 5.60 Å². The van der Waals surface area contributed by atoms with Gasteiger partial charge in [-0.2, -0.15) is 10.1 Å². The van der Waals surface area contributed by atoms with Gasteiger partial charge in [0.1, 0.15) is 16.8 Å². The average Bonchev–Trinajstić information content (AvgIpc) is 3.50.